The number of aromatic nitrogens is 2. The molecule has 0 radical (unpaired) electrons. The van der Waals surface area contributed by atoms with Gasteiger partial charge in [0.05, 0.1) is 0 Å². The van der Waals surface area contributed by atoms with Crippen molar-refractivity contribution in [1.82, 2.24) is 9.97 Å². The highest BCUT2D eigenvalue weighted by atomic mass is 16.1. The van der Waals surface area contributed by atoms with Crippen LogP contribution in [-0.4, -0.2) is 29.5 Å². The Morgan fingerprint density at radius 3 is 2.42 bits per heavy atom. The van der Waals surface area contributed by atoms with Crippen LogP contribution in [0.15, 0.2) is 24.5 Å². The fourth-order valence-corrected chi connectivity index (χ4v) is 2.74. The van der Waals surface area contributed by atoms with E-state index in [4.69, 9.17) is 0 Å². The summed E-state index contributed by atoms with van der Waals surface area (Å²) in [5.74, 6) is 0.554. The summed E-state index contributed by atoms with van der Waals surface area (Å²) in [6, 6.07) is 5.86. The van der Waals surface area contributed by atoms with E-state index in [0.717, 1.165) is 42.0 Å². The van der Waals surface area contributed by atoms with E-state index in [-0.39, 0.29) is 5.91 Å². The van der Waals surface area contributed by atoms with Crippen molar-refractivity contribution in [3.63, 3.8) is 0 Å². The molecule has 0 unspecified atom stereocenters. The number of anilines is 2. The van der Waals surface area contributed by atoms with Gasteiger partial charge in [-0.2, -0.15) is 0 Å². The number of nitrogens with zero attached hydrogens (tertiary/aromatic N) is 3. The lowest BCUT2D eigenvalue weighted by Gasteiger charge is -2.18. The minimum absolute atomic E-state index is 0.211. The van der Waals surface area contributed by atoms with E-state index in [9.17, 15) is 4.79 Å². The Kier molecular flexibility index (Phi) is 5.90. The highest BCUT2D eigenvalue weighted by Gasteiger charge is 2.13. The molecular formula is C19H26N4O. The van der Waals surface area contributed by atoms with E-state index < -0.39 is 0 Å². The van der Waals surface area contributed by atoms with Crippen LogP contribution in [0.5, 0.6) is 0 Å². The van der Waals surface area contributed by atoms with Gasteiger partial charge in [0.25, 0.3) is 5.91 Å². The zero-order valence-electron chi connectivity index (χ0n) is 15.2. The fourth-order valence-electron chi connectivity index (χ4n) is 2.74. The van der Waals surface area contributed by atoms with Gasteiger partial charge in [0.15, 0.2) is 0 Å². The first-order valence-corrected chi connectivity index (χ1v) is 8.34. The summed E-state index contributed by atoms with van der Waals surface area (Å²) >= 11 is 0. The Morgan fingerprint density at radius 2 is 1.79 bits per heavy atom. The average molecular weight is 326 g/mol. The number of rotatable bonds is 6. The number of hydrogen-bond donors (Lipinski definition) is 1. The summed E-state index contributed by atoms with van der Waals surface area (Å²) in [6.07, 6.45) is 3.65. The van der Waals surface area contributed by atoms with Crippen molar-refractivity contribution in [2.24, 2.45) is 0 Å². The molecule has 128 valence electrons. The van der Waals surface area contributed by atoms with E-state index in [1.807, 2.05) is 25.8 Å². The molecule has 5 heteroatoms. The van der Waals surface area contributed by atoms with E-state index in [1.165, 1.54) is 11.9 Å². The predicted molar refractivity (Wildman–Crippen MR) is 98.8 cm³/mol. The van der Waals surface area contributed by atoms with Crippen LogP contribution >= 0.6 is 0 Å². The molecule has 1 aromatic heterocycles. The lowest BCUT2D eigenvalue weighted by molar-refractivity contribution is 0.102. The topological polar surface area (TPSA) is 58.1 Å². The maximum absolute atomic E-state index is 12.6. The standard InChI is InChI=1S/C19H26N4O/c1-6-7-8-23(5)17-11-16(20-12-21-17)19(24)22-18-14(3)9-13(2)10-15(18)4/h9-12H,6-8H2,1-5H3,(H,22,24). The average Bonchev–Trinajstić information content (AvgIpc) is 2.55. The Labute approximate surface area is 144 Å². The van der Waals surface area contributed by atoms with Crippen molar-refractivity contribution in [2.75, 3.05) is 23.8 Å². The molecule has 0 aliphatic heterocycles. The van der Waals surface area contributed by atoms with Gasteiger partial charge in [-0.05, 0) is 38.3 Å². The van der Waals surface area contributed by atoms with E-state index >= 15 is 0 Å². The van der Waals surface area contributed by atoms with Gasteiger partial charge in [0, 0.05) is 25.3 Å². The lowest BCUT2D eigenvalue weighted by Crippen LogP contribution is -2.21. The van der Waals surface area contributed by atoms with Crippen LogP contribution in [-0.2, 0) is 0 Å². The number of nitrogens with one attached hydrogen (secondary N) is 1. The normalized spacial score (nSPS) is 10.5. The first kappa shape index (κ1) is 17.9. The third-order valence-corrected chi connectivity index (χ3v) is 4.04. The number of carbonyl (C=O) groups excluding carboxylic acids is 1. The number of hydrogen-bond acceptors (Lipinski definition) is 4. The number of amides is 1. The van der Waals surface area contributed by atoms with E-state index in [2.05, 4.69) is 41.3 Å². The Hall–Kier alpha value is -2.43. The van der Waals surface area contributed by atoms with Gasteiger partial charge in [-0.3, -0.25) is 4.79 Å². The second kappa shape index (κ2) is 7.90. The van der Waals surface area contributed by atoms with Crippen LogP contribution in [0.4, 0.5) is 11.5 Å². The van der Waals surface area contributed by atoms with Crippen LogP contribution < -0.4 is 10.2 Å². The molecule has 0 saturated heterocycles. The number of aryl methyl sites for hydroxylation is 3. The number of carbonyl (C=O) groups is 1. The van der Waals surface area contributed by atoms with Gasteiger partial charge < -0.3 is 10.2 Å². The second-order valence-corrected chi connectivity index (χ2v) is 6.26. The van der Waals surface area contributed by atoms with Crippen molar-refractivity contribution in [2.45, 2.75) is 40.5 Å². The zero-order chi connectivity index (χ0) is 17.7. The molecule has 2 aromatic rings. The quantitative estimate of drug-likeness (QED) is 0.875. The molecule has 5 nitrogen and oxygen atoms in total. The van der Waals surface area contributed by atoms with Crippen LogP contribution in [0.3, 0.4) is 0 Å². The van der Waals surface area contributed by atoms with Gasteiger partial charge in [-0.25, -0.2) is 9.97 Å². The molecule has 0 atom stereocenters. The Balaban J connectivity index is 2.19. The minimum Gasteiger partial charge on any atom is -0.360 e. The molecular weight excluding hydrogens is 300 g/mol. The minimum atomic E-state index is -0.211. The van der Waals surface area contributed by atoms with Crippen molar-refractivity contribution in [3.05, 3.63) is 46.9 Å². The first-order valence-electron chi connectivity index (χ1n) is 8.34. The van der Waals surface area contributed by atoms with Gasteiger partial charge >= 0.3 is 0 Å². The maximum Gasteiger partial charge on any atom is 0.274 e. The Morgan fingerprint density at radius 1 is 1.12 bits per heavy atom. The van der Waals surface area contributed by atoms with Crippen LogP contribution in [0, 0.1) is 20.8 Å². The van der Waals surface area contributed by atoms with Gasteiger partial charge in [0.2, 0.25) is 0 Å². The number of unbranched alkanes of at least 4 members (excludes halogenated alkanes) is 1. The van der Waals surface area contributed by atoms with Crippen molar-refractivity contribution >= 4 is 17.4 Å². The molecule has 0 aliphatic carbocycles. The Bertz CT molecular complexity index is 704. The zero-order valence-corrected chi connectivity index (χ0v) is 15.2. The molecule has 0 bridgehead atoms. The third kappa shape index (κ3) is 4.31. The maximum atomic E-state index is 12.6. The molecule has 0 aliphatic rings. The van der Waals surface area contributed by atoms with Gasteiger partial charge in [0.1, 0.15) is 17.8 Å². The third-order valence-electron chi connectivity index (χ3n) is 4.04. The highest BCUT2D eigenvalue weighted by Crippen LogP contribution is 2.22. The largest absolute Gasteiger partial charge is 0.360 e. The van der Waals surface area contributed by atoms with Crippen LogP contribution in [0.2, 0.25) is 0 Å². The lowest BCUT2D eigenvalue weighted by atomic mass is 10.0. The van der Waals surface area contributed by atoms with Crippen LogP contribution in [0.25, 0.3) is 0 Å². The smallest absolute Gasteiger partial charge is 0.274 e. The highest BCUT2D eigenvalue weighted by molar-refractivity contribution is 6.04. The summed E-state index contributed by atoms with van der Waals surface area (Å²) in [4.78, 5) is 23.0. The summed E-state index contributed by atoms with van der Waals surface area (Å²) in [5, 5.41) is 2.98. The summed E-state index contributed by atoms with van der Waals surface area (Å²) in [6.45, 7) is 9.11. The first-order chi connectivity index (χ1) is 11.4. The van der Waals surface area contributed by atoms with Crippen LogP contribution in [0.1, 0.15) is 46.9 Å². The summed E-state index contributed by atoms with van der Waals surface area (Å²) in [5.41, 5.74) is 4.52. The molecule has 0 saturated carbocycles. The van der Waals surface area contributed by atoms with E-state index in [0.29, 0.717) is 5.69 Å². The molecule has 24 heavy (non-hydrogen) atoms. The summed E-state index contributed by atoms with van der Waals surface area (Å²) in [7, 11) is 1.98. The monoisotopic (exact) mass is 326 g/mol. The summed E-state index contributed by atoms with van der Waals surface area (Å²) < 4.78 is 0. The molecule has 0 spiro atoms. The molecule has 1 heterocycles. The van der Waals surface area contributed by atoms with Crippen molar-refractivity contribution in [1.29, 1.82) is 0 Å². The molecule has 1 N–H and O–H groups in total. The molecule has 1 amide bonds. The molecule has 2 rings (SSSR count). The number of benzene rings is 1. The van der Waals surface area contributed by atoms with E-state index in [1.54, 1.807) is 6.07 Å². The van der Waals surface area contributed by atoms with Crippen molar-refractivity contribution < 1.29 is 4.79 Å². The predicted octanol–water partition coefficient (Wildman–Crippen LogP) is 3.89. The SMILES string of the molecule is CCCCN(C)c1cc(C(=O)Nc2c(C)cc(C)cc2C)ncn1. The molecule has 0 fully saturated rings. The van der Waals surface area contributed by atoms with Crippen molar-refractivity contribution in [3.8, 4) is 0 Å². The van der Waals surface area contributed by atoms with Gasteiger partial charge in [-0.1, -0.05) is 31.0 Å². The van der Waals surface area contributed by atoms with Gasteiger partial charge in [-0.15, -0.1) is 0 Å². The molecule has 1 aromatic carbocycles. The second-order valence-electron chi connectivity index (χ2n) is 6.26. The fraction of sp³-hybridized carbons (Fsp3) is 0.421.